The zero-order valence-corrected chi connectivity index (χ0v) is 20.6. The zero-order chi connectivity index (χ0) is 25.6. The van der Waals surface area contributed by atoms with Crippen LogP contribution in [-0.4, -0.2) is 50.4 Å². The van der Waals surface area contributed by atoms with Gasteiger partial charge in [-0.15, -0.1) is 0 Å². The van der Waals surface area contributed by atoms with Crippen LogP contribution in [0.25, 0.3) is 5.57 Å². The molecule has 1 N–H and O–H groups in total. The number of ketones is 1. The predicted octanol–water partition coefficient (Wildman–Crippen LogP) is 3.86. The maximum absolute atomic E-state index is 12.7. The average Bonchev–Trinajstić information content (AvgIpc) is 2.78. The van der Waals surface area contributed by atoms with Crippen molar-refractivity contribution >= 4 is 35.1 Å². The lowest BCUT2D eigenvalue weighted by Crippen LogP contribution is -2.39. The minimum Gasteiger partial charge on any atom is -0.468 e. The van der Waals surface area contributed by atoms with E-state index >= 15 is 0 Å². The highest BCUT2D eigenvalue weighted by atomic mass is 16.5. The normalized spacial score (nSPS) is 11.8. The fourth-order valence-corrected chi connectivity index (χ4v) is 3.49. The van der Waals surface area contributed by atoms with Gasteiger partial charge in [0.15, 0.2) is 5.41 Å². The highest BCUT2D eigenvalue weighted by Gasteiger charge is 2.44. The van der Waals surface area contributed by atoms with Gasteiger partial charge in [-0.2, -0.15) is 0 Å². The molecule has 0 radical (unpaired) electrons. The second kappa shape index (κ2) is 10.6. The molecule has 0 saturated heterocycles. The minimum atomic E-state index is -1.69. The Balaban J connectivity index is 3.14. The van der Waals surface area contributed by atoms with Gasteiger partial charge in [0.1, 0.15) is 12.4 Å². The van der Waals surface area contributed by atoms with E-state index in [0.717, 1.165) is 14.2 Å². The summed E-state index contributed by atoms with van der Waals surface area (Å²) >= 11 is 0. The van der Waals surface area contributed by atoms with E-state index in [-0.39, 0.29) is 29.9 Å². The summed E-state index contributed by atoms with van der Waals surface area (Å²) in [6.07, 6.45) is -0.221. The summed E-state index contributed by atoms with van der Waals surface area (Å²) in [6.45, 7) is 10.1. The molecule has 1 aromatic carbocycles. The van der Waals surface area contributed by atoms with Gasteiger partial charge in [0.25, 0.3) is 0 Å². The fourth-order valence-electron chi connectivity index (χ4n) is 3.49. The molecule has 8 heteroatoms. The van der Waals surface area contributed by atoms with Crippen LogP contribution in [0.3, 0.4) is 0 Å². The molecule has 0 aliphatic rings. The summed E-state index contributed by atoms with van der Waals surface area (Å²) in [5.41, 5.74) is -2.34. The van der Waals surface area contributed by atoms with Gasteiger partial charge in [-0.25, -0.2) is 4.79 Å². The molecule has 0 saturated carbocycles. The van der Waals surface area contributed by atoms with E-state index in [1.54, 1.807) is 26.0 Å². The Kier molecular flexibility index (Phi) is 8.91. The molecule has 0 atom stereocenters. The number of methoxy groups -OCH3 is 2. The SMILES string of the molecule is COC(=O)C(C)(CC(=C=N)c1cccc(C(=O)OCC(C)(C)C(=O)C(C)(C)C)c1)C(=O)OC. The quantitative estimate of drug-likeness (QED) is 0.258. The lowest BCUT2D eigenvalue weighted by molar-refractivity contribution is -0.167. The molecule has 0 spiro atoms. The molecule has 0 heterocycles. The first-order valence-electron chi connectivity index (χ1n) is 10.4. The van der Waals surface area contributed by atoms with Crippen LogP contribution in [0.15, 0.2) is 24.3 Å². The third-order valence-corrected chi connectivity index (χ3v) is 5.26. The topological polar surface area (TPSA) is 120 Å². The maximum Gasteiger partial charge on any atom is 0.338 e. The molecule has 0 aromatic heterocycles. The van der Waals surface area contributed by atoms with E-state index in [4.69, 9.17) is 19.6 Å². The summed E-state index contributed by atoms with van der Waals surface area (Å²) in [5, 5.41) is 7.67. The van der Waals surface area contributed by atoms with Gasteiger partial charge in [0.05, 0.1) is 25.2 Å². The molecule has 0 aliphatic carbocycles. The first-order valence-corrected chi connectivity index (χ1v) is 10.4. The van der Waals surface area contributed by atoms with Crippen LogP contribution in [-0.2, 0) is 28.6 Å². The fraction of sp³-hybridized carbons (Fsp3) is 0.520. The third kappa shape index (κ3) is 6.62. The summed E-state index contributed by atoms with van der Waals surface area (Å²) in [7, 11) is 2.31. The first-order chi connectivity index (χ1) is 15.1. The van der Waals surface area contributed by atoms with Crippen molar-refractivity contribution in [1.82, 2.24) is 0 Å². The molecule has 0 amide bonds. The van der Waals surface area contributed by atoms with Crippen molar-refractivity contribution in [2.45, 2.75) is 48.0 Å². The molecule has 0 bridgehead atoms. The van der Waals surface area contributed by atoms with Gasteiger partial charge >= 0.3 is 17.9 Å². The van der Waals surface area contributed by atoms with Gasteiger partial charge in [0.2, 0.25) is 0 Å². The van der Waals surface area contributed by atoms with Crippen LogP contribution < -0.4 is 0 Å². The van der Waals surface area contributed by atoms with Crippen molar-refractivity contribution in [3.05, 3.63) is 35.4 Å². The number of ether oxygens (including phenoxy) is 3. The number of nitrogens with one attached hydrogen (secondary N) is 1. The van der Waals surface area contributed by atoms with E-state index in [2.05, 4.69) is 5.87 Å². The standard InChI is InChI=1S/C25H33NO7/c1-23(2,3)20(28)24(4,5)15-33-19(27)17-11-9-10-16(12-17)18(14-26)13-25(6,21(29)31-7)22(30)32-8/h9-12,26H,13,15H2,1-8H3. The van der Waals surface area contributed by atoms with Crippen LogP contribution in [0.4, 0.5) is 0 Å². The largest absolute Gasteiger partial charge is 0.468 e. The summed E-state index contributed by atoms with van der Waals surface area (Å²) in [4.78, 5) is 49.8. The van der Waals surface area contributed by atoms with Crippen LogP contribution in [0, 0.1) is 21.7 Å². The molecule has 0 aliphatic heterocycles. The Hall–Kier alpha value is -3.25. The molecular weight excluding hydrogens is 426 g/mol. The zero-order valence-electron chi connectivity index (χ0n) is 20.6. The van der Waals surface area contributed by atoms with E-state index in [1.807, 2.05) is 20.8 Å². The molecule has 1 aromatic rings. The summed E-state index contributed by atoms with van der Waals surface area (Å²) in [5.74, 6) is -0.0635. The number of benzene rings is 1. The molecule has 0 fully saturated rings. The summed E-state index contributed by atoms with van der Waals surface area (Å²) < 4.78 is 14.9. The second-order valence-corrected chi connectivity index (χ2v) is 9.72. The molecule has 0 unspecified atom stereocenters. The van der Waals surface area contributed by atoms with Crippen LogP contribution in [0.2, 0.25) is 0 Å². The highest BCUT2D eigenvalue weighted by molar-refractivity contribution is 6.03. The Morgan fingerprint density at radius 2 is 1.42 bits per heavy atom. The van der Waals surface area contributed by atoms with Crippen molar-refractivity contribution < 1.29 is 33.4 Å². The molecule has 8 nitrogen and oxygen atoms in total. The lowest BCUT2D eigenvalue weighted by Gasteiger charge is -2.30. The first kappa shape index (κ1) is 27.8. The summed E-state index contributed by atoms with van der Waals surface area (Å²) in [6, 6.07) is 6.22. The lowest BCUT2D eigenvalue weighted by atomic mass is 9.75. The van der Waals surface area contributed by atoms with Crippen molar-refractivity contribution in [3.8, 4) is 0 Å². The molecular formula is C25H33NO7. The van der Waals surface area contributed by atoms with Crippen LogP contribution >= 0.6 is 0 Å². The van der Waals surface area contributed by atoms with Gasteiger partial charge in [-0.05, 0) is 44.3 Å². The van der Waals surface area contributed by atoms with Crippen LogP contribution in [0.1, 0.15) is 63.9 Å². The number of hydrogen-bond acceptors (Lipinski definition) is 8. The van der Waals surface area contributed by atoms with Crippen LogP contribution in [0.5, 0.6) is 0 Å². The van der Waals surface area contributed by atoms with Gasteiger partial charge < -0.3 is 14.2 Å². The maximum atomic E-state index is 12.7. The van der Waals surface area contributed by atoms with E-state index in [0.29, 0.717) is 5.56 Å². The van der Waals surface area contributed by atoms with Crippen molar-refractivity contribution in [2.75, 3.05) is 20.8 Å². The van der Waals surface area contributed by atoms with Crippen molar-refractivity contribution in [1.29, 1.82) is 5.41 Å². The number of carbonyl (C=O) groups is 4. The van der Waals surface area contributed by atoms with Crippen molar-refractivity contribution in [3.63, 3.8) is 0 Å². The van der Waals surface area contributed by atoms with Gasteiger partial charge in [-0.3, -0.25) is 19.8 Å². The number of hydrogen-bond donors (Lipinski definition) is 1. The Morgan fingerprint density at radius 1 is 0.909 bits per heavy atom. The number of allylic oxidation sites excluding steroid dienone is 1. The Labute approximate surface area is 194 Å². The van der Waals surface area contributed by atoms with E-state index < -0.39 is 34.2 Å². The second-order valence-electron chi connectivity index (χ2n) is 9.72. The monoisotopic (exact) mass is 459 g/mol. The highest BCUT2D eigenvalue weighted by Crippen LogP contribution is 2.33. The van der Waals surface area contributed by atoms with Gasteiger partial charge in [0, 0.05) is 17.4 Å². The minimum absolute atomic E-state index is 0.0320. The Bertz CT molecular complexity index is 963. The van der Waals surface area contributed by atoms with E-state index in [1.165, 1.54) is 19.1 Å². The van der Waals surface area contributed by atoms with Crippen molar-refractivity contribution in [2.24, 2.45) is 16.2 Å². The number of carbonyl (C=O) groups excluding carboxylic acids is 4. The third-order valence-electron chi connectivity index (χ3n) is 5.26. The molecule has 1 rings (SSSR count). The average molecular weight is 460 g/mol. The number of rotatable bonds is 9. The predicted molar refractivity (Wildman–Crippen MR) is 123 cm³/mol. The molecule has 180 valence electrons. The van der Waals surface area contributed by atoms with E-state index in [9.17, 15) is 19.2 Å². The molecule has 33 heavy (non-hydrogen) atoms. The smallest absolute Gasteiger partial charge is 0.338 e. The van der Waals surface area contributed by atoms with Gasteiger partial charge in [-0.1, -0.05) is 32.9 Å². The number of esters is 3. The number of Topliss-reactive ketones (excluding diaryl/α,β-unsaturated/α-hetero) is 1. The Morgan fingerprint density at radius 3 is 1.88 bits per heavy atom.